The van der Waals surface area contributed by atoms with Crippen molar-refractivity contribution in [2.75, 3.05) is 6.54 Å². The Morgan fingerprint density at radius 2 is 2.17 bits per heavy atom. The van der Waals surface area contributed by atoms with Gasteiger partial charge in [0.15, 0.2) is 0 Å². The Hall–Kier alpha value is -1.16. The number of halogens is 1. The van der Waals surface area contributed by atoms with Crippen LogP contribution in [0, 0.1) is 12.8 Å². The summed E-state index contributed by atoms with van der Waals surface area (Å²) in [6.45, 7) is 4.54. The van der Waals surface area contributed by atoms with Gasteiger partial charge >= 0.3 is 0 Å². The maximum atomic E-state index is 12.3. The quantitative estimate of drug-likeness (QED) is 0.787. The highest BCUT2D eigenvalue weighted by Crippen LogP contribution is 2.24. The van der Waals surface area contributed by atoms with Crippen LogP contribution >= 0.6 is 15.9 Å². The van der Waals surface area contributed by atoms with Crippen LogP contribution in [0.4, 0.5) is 0 Å². The van der Waals surface area contributed by atoms with Gasteiger partial charge in [0.25, 0.3) is 5.91 Å². The van der Waals surface area contributed by atoms with E-state index in [0.29, 0.717) is 24.4 Å². The molecule has 0 aromatic heterocycles. The third-order valence-corrected chi connectivity index (χ3v) is 3.77. The molecule has 1 aliphatic heterocycles. The Morgan fingerprint density at radius 3 is 2.72 bits per heavy atom. The van der Waals surface area contributed by atoms with Crippen molar-refractivity contribution >= 4 is 27.7 Å². The highest BCUT2D eigenvalue weighted by Gasteiger charge is 2.33. The Labute approximate surface area is 115 Å². The van der Waals surface area contributed by atoms with Crippen LogP contribution in [0.2, 0.25) is 0 Å². The third kappa shape index (κ3) is 2.64. The molecule has 0 saturated carbocycles. The fourth-order valence-electron chi connectivity index (χ4n) is 2.27. The Morgan fingerprint density at radius 1 is 1.44 bits per heavy atom. The van der Waals surface area contributed by atoms with E-state index in [1.54, 1.807) is 6.07 Å². The molecule has 1 aliphatic rings. The van der Waals surface area contributed by atoms with Crippen LogP contribution in [0.25, 0.3) is 0 Å². The Bertz CT molecular complexity index is 478. The number of rotatable bonds is 2. The van der Waals surface area contributed by atoms with Crippen molar-refractivity contribution in [1.82, 2.24) is 4.90 Å². The molecule has 1 aromatic carbocycles. The first kappa shape index (κ1) is 13.3. The summed E-state index contributed by atoms with van der Waals surface area (Å²) in [5, 5.41) is 0. The van der Waals surface area contributed by atoms with Crippen LogP contribution in [0.1, 0.15) is 35.7 Å². The first-order chi connectivity index (χ1) is 8.51. The van der Waals surface area contributed by atoms with E-state index in [9.17, 15) is 9.59 Å². The lowest BCUT2D eigenvalue weighted by Crippen LogP contribution is -2.32. The summed E-state index contributed by atoms with van der Waals surface area (Å²) in [5.41, 5.74) is 1.58. The minimum absolute atomic E-state index is 0.0514. The zero-order valence-corrected chi connectivity index (χ0v) is 12.2. The number of carbonyl (C=O) groups is 2. The molecule has 0 aliphatic carbocycles. The molecule has 0 radical (unpaired) electrons. The van der Waals surface area contributed by atoms with Crippen molar-refractivity contribution in [2.24, 2.45) is 5.92 Å². The number of carbonyl (C=O) groups excluding carboxylic acids is 2. The molecule has 1 saturated heterocycles. The number of likely N-dealkylation sites (tertiary alicyclic amines) is 1. The second-order valence-corrected chi connectivity index (χ2v) is 5.72. The smallest absolute Gasteiger partial charge is 0.260 e. The first-order valence-corrected chi connectivity index (χ1v) is 6.92. The van der Waals surface area contributed by atoms with Crippen LogP contribution in [0.3, 0.4) is 0 Å². The van der Waals surface area contributed by atoms with E-state index in [4.69, 9.17) is 0 Å². The largest absolute Gasteiger partial charge is 0.278 e. The summed E-state index contributed by atoms with van der Waals surface area (Å²) in [7, 11) is 0. The van der Waals surface area contributed by atoms with Crippen LogP contribution in [0.5, 0.6) is 0 Å². The standard InChI is InChI=1S/C14H16BrNO2/c1-3-10-6-13(17)16(8-10)14(18)11-4-9(2)5-12(15)7-11/h4-5,7,10H,3,6,8H2,1-2H3. The number of nitrogens with zero attached hydrogens (tertiary/aromatic N) is 1. The van der Waals surface area contributed by atoms with E-state index in [1.165, 1.54) is 4.90 Å². The zero-order valence-electron chi connectivity index (χ0n) is 10.6. The van der Waals surface area contributed by atoms with E-state index >= 15 is 0 Å². The zero-order chi connectivity index (χ0) is 13.3. The maximum absolute atomic E-state index is 12.3. The van der Waals surface area contributed by atoms with Gasteiger partial charge in [0.05, 0.1) is 0 Å². The van der Waals surface area contributed by atoms with Crippen molar-refractivity contribution in [1.29, 1.82) is 0 Å². The molecule has 1 atom stereocenters. The summed E-state index contributed by atoms with van der Waals surface area (Å²) >= 11 is 3.37. The van der Waals surface area contributed by atoms with Crippen LogP contribution in [-0.4, -0.2) is 23.3 Å². The normalized spacial score (nSPS) is 19.4. The van der Waals surface area contributed by atoms with Crippen molar-refractivity contribution < 1.29 is 9.59 Å². The van der Waals surface area contributed by atoms with Crippen molar-refractivity contribution in [3.05, 3.63) is 33.8 Å². The van der Waals surface area contributed by atoms with Gasteiger partial charge < -0.3 is 0 Å². The average Bonchev–Trinajstić information content (AvgIpc) is 2.68. The van der Waals surface area contributed by atoms with Gasteiger partial charge in [0.1, 0.15) is 0 Å². The lowest BCUT2D eigenvalue weighted by Gasteiger charge is -2.15. The van der Waals surface area contributed by atoms with Gasteiger partial charge in [-0.1, -0.05) is 29.3 Å². The molecule has 1 unspecified atom stereocenters. The molecule has 2 amide bonds. The lowest BCUT2D eigenvalue weighted by atomic mass is 10.1. The summed E-state index contributed by atoms with van der Waals surface area (Å²) < 4.78 is 0.865. The van der Waals surface area contributed by atoms with Gasteiger partial charge in [-0.25, -0.2) is 0 Å². The SMILES string of the molecule is CCC1CC(=O)N(C(=O)c2cc(C)cc(Br)c2)C1. The molecule has 0 spiro atoms. The lowest BCUT2D eigenvalue weighted by molar-refractivity contribution is -0.125. The Kier molecular flexibility index (Phi) is 3.85. The number of imide groups is 1. The van der Waals surface area contributed by atoms with Gasteiger partial charge in [-0.15, -0.1) is 0 Å². The molecular weight excluding hydrogens is 294 g/mol. The van der Waals surface area contributed by atoms with Crippen LogP contribution < -0.4 is 0 Å². The number of hydrogen-bond donors (Lipinski definition) is 0. The van der Waals surface area contributed by atoms with Gasteiger partial charge in [-0.3, -0.25) is 14.5 Å². The fourth-order valence-corrected chi connectivity index (χ4v) is 2.87. The van der Waals surface area contributed by atoms with Crippen molar-refractivity contribution in [2.45, 2.75) is 26.7 Å². The second-order valence-electron chi connectivity index (χ2n) is 4.81. The molecule has 96 valence electrons. The predicted molar refractivity (Wildman–Crippen MR) is 73.3 cm³/mol. The van der Waals surface area contributed by atoms with E-state index in [2.05, 4.69) is 22.9 Å². The number of aryl methyl sites for hydroxylation is 1. The average molecular weight is 310 g/mol. The van der Waals surface area contributed by atoms with Crippen LogP contribution in [-0.2, 0) is 4.79 Å². The highest BCUT2D eigenvalue weighted by atomic mass is 79.9. The van der Waals surface area contributed by atoms with Crippen molar-refractivity contribution in [3.8, 4) is 0 Å². The third-order valence-electron chi connectivity index (χ3n) is 3.32. The highest BCUT2D eigenvalue weighted by molar-refractivity contribution is 9.10. The molecule has 1 aromatic rings. The van der Waals surface area contributed by atoms with E-state index < -0.39 is 0 Å². The second kappa shape index (κ2) is 5.22. The van der Waals surface area contributed by atoms with Crippen LogP contribution in [0.15, 0.2) is 22.7 Å². The molecule has 2 rings (SSSR count). The van der Waals surface area contributed by atoms with Gasteiger partial charge in [-0.05, 0) is 36.6 Å². The van der Waals surface area contributed by atoms with E-state index in [1.807, 2.05) is 19.1 Å². The van der Waals surface area contributed by atoms with E-state index in [-0.39, 0.29) is 11.8 Å². The number of hydrogen-bond acceptors (Lipinski definition) is 2. The number of amides is 2. The van der Waals surface area contributed by atoms with Gasteiger partial charge in [0.2, 0.25) is 5.91 Å². The molecule has 0 bridgehead atoms. The molecule has 1 fully saturated rings. The van der Waals surface area contributed by atoms with Crippen molar-refractivity contribution in [3.63, 3.8) is 0 Å². The number of benzene rings is 1. The monoisotopic (exact) mass is 309 g/mol. The molecular formula is C14H16BrNO2. The molecule has 18 heavy (non-hydrogen) atoms. The molecule has 3 nitrogen and oxygen atoms in total. The fraction of sp³-hybridized carbons (Fsp3) is 0.429. The first-order valence-electron chi connectivity index (χ1n) is 6.13. The van der Waals surface area contributed by atoms with Gasteiger partial charge in [0, 0.05) is 23.0 Å². The Balaban J connectivity index is 2.24. The summed E-state index contributed by atoms with van der Waals surface area (Å²) in [6, 6.07) is 5.53. The molecule has 4 heteroatoms. The predicted octanol–water partition coefficient (Wildman–Crippen LogP) is 3.16. The summed E-state index contributed by atoms with van der Waals surface area (Å²) in [6.07, 6.45) is 1.43. The maximum Gasteiger partial charge on any atom is 0.260 e. The summed E-state index contributed by atoms with van der Waals surface area (Å²) in [4.78, 5) is 25.5. The topological polar surface area (TPSA) is 37.4 Å². The molecule has 1 heterocycles. The minimum Gasteiger partial charge on any atom is -0.278 e. The summed E-state index contributed by atoms with van der Waals surface area (Å²) in [5.74, 6) is 0.0829. The minimum atomic E-state index is -0.180. The van der Waals surface area contributed by atoms with E-state index in [0.717, 1.165) is 16.5 Å². The molecule has 0 N–H and O–H groups in total. The van der Waals surface area contributed by atoms with Gasteiger partial charge in [-0.2, -0.15) is 0 Å².